The molecule has 0 saturated heterocycles. The molecule has 0 saturated carbocycles. The Kier molecular flexibility index (Phi) is 4.41. The number of nitrogens with one attached hydrogen (secondary N) is 3. The number of amides is 1. The Morgan fingerprint density at radius 3 is 2.57 bits per heavy atom. The second-order valence-electron chi connectivity index (χ2n) is 6.50. The number of rotatable bonds is 5. The van der Waals surface area contributed by atoms with Crippen molar-refractivity contribution in [2.24, 2.45) is 0 Å². The zero-order valence-corrected chi connectivity index (χ0v) is 14.8. The van der Waals surface area contributed by atoms with Gasteiger partial charge in [-0.05, 0) is 42.1 Å². The van der Waals surface area contributed by atoms with Gasteiger partial charge in [-0.15, -0.1) is 0 Å². The third-order valence-electron chi connectivity index (χ3n) is 4.69. The van der Waals surface area contributed by atoms with E-state index in [0.717, 1.165) is 27.4 Å². The van der Waals surface area contributed by atoms with Crippen LogP contribution < -0.4 is 10.7 Å². The van der Waals surface area contributed by atoms with E-state index in [1.54, 1.807) is 30.3 Å². The summed E-state index contributed by atoms with van der Waals surface area (Å²) >= 11 is 0. The fraction of sp³-hybridized carbons (Fsp3) is 0.0952. The number of hydrogen-bond donors (Lipinski definition) is 4. The topological polar surface area (TPSA) is 115 Å². The van der Waals surface area contributed by atoms with E-state index in [2.05, 4.69) is 15.5 Å². The van der Waals surface area contributed by atoms with Crippen molar-refractivity contribution in [1.29, 1.82) is 0 Å². The minimum absolute atomic E-state index is 0.0408. The van der Waals surface area contributed by atoms with Crippen molar-refractivity contribution >= 4 is 39.2 Å². The Hall–Kier alpha value is -3.87. The van der Waals surface area contributed by atoms with Crippen LogP contribution in [0.4, 0.5) is 5.69 Å². The molecule has 7 nitrogen and oxygen atoms in total. The van der Waals surface area contributed by atoms with Gasteiger partial charge in [0.15, 0.2) is 5.43 Å². The molecule has 0 atom stereocenters. The molecule has 0 bridgehead atoms. The van der Waals surface area contributed by atoms with E-state index in [-0.39, 0.29) is 29.0 Å². The molecule has 4 N–H and O–H groups in total. The van der Waals surface area contributed by atoms with Crippen LogP contribution >= 0.6 is 0 Å². The third-order valence-corrected chi connectivity index (χ3v) is 4.69. The predicted molar refractivity (Wildman–Crippen MR) is 107 cm³/mol. The second kappa shape index (κ2) is 7.03. The molecule has 4 aromatic rings. The first-order valence-electron chi connectivity index (χ1n) is 8.77. The average molecular weight is 375 g/mol. The summed E-state index contributed by atoms with van der Waals surface area (Å²) in [5.74, 6) is -1.36. The van der Waals surface area contributed by atoms with Gasteiger partial charge in [-0.2, -0.15) is 0 Å². The van der Waals surface area contributed by atoms with Crippen LogP contribution in [0, 0.1) is 0 Å². The lowest BCUT2D eigenvalue weighted by molar-refractivity contribution is -0.116. The monoisotopic (exact) mass is 375 g/mol. The van der Waals surface area contributed by atoms with E-state index < -0.39 is 5.97 Å². The molecule has 0 aliphatic rings. The maximum Gasteiger partial charge on any atom is 0.337 e. The maximum absolute atomic E-state index is 12.3. The minimum Gasteiger partial charge on any atom is -0.478 e. The van der Waals surface area contributed by atoms with E-state index in [1.807, 2.05) is 12.1 Å². The molecule has 7 heteroatoms. The first-order chi connectivity index (χ1) is 13.5. The number of aromatic amines is 2. The first-order valence-corrected chi connectivity index (χ1v) is 8.77. The van der Waals surface area contributed by atoms with Gasteiger partial charge in [0.25, 0.3) is 0 Å². The highest BCUT2D eigenvalue weighted by molar-refractivity contribution is 6.06. The van der Waals surface area contributed by atoms with Crippen LogP contribution in [0.1, 0.15) is 22.5 Å². The second-order valence-corrected chi connectivity index (χ2v) is 6.50. The van der Waals surface area contributed by atoms with Crippen LogP contribution in [-0.4, -0.2) is 27.2 Å². The Balaban J connectivity index is 1.53. The summed E-state index contributed by atoms with van der Waals surface area (Å²) < 4.78 is 0. The maximum atomic E-state index is 12.3. The van der Waals surface area contributed by atoms with Gasteiger partial charge in [-0.25, -0.2) is 4.79 Å². The quantitative estimate of drug-likeness (QED) is 0.428. The van der Waals surface area contributed by atoms with Crippen molar-refractivity contribution in [3.05, 3.63) is 76.1 Å². The highest BCUT2D eigenvalue weighted by Crippen LogP contribution is 2.25. The van der Waals surface area contributed by atoms with E-state index in [1.165, 1.54) is 12.1 Å². The summed E-state index contributed by atoms with van der Waals surface area (Å²) in [5, 5.41) is 20.8. The third kappa shape index (κ3) is 3.25. The SMILES string of the molecule is O=C(CCc1[nH][nH]c2c1ccc1cc(=O)ccc12)Nc1ccccc1C(=O)O. The largest absolute Gasteiger partial charge is 0.478 e. The van der Waals surface area contributed by atoms with Crippen molar-refractivity contribution in [2.75, 3.05) is 5.32 Å². The van der Waals surface area contributed by atoms with Crippen molar-refractivity contribution in [1.82, 2.24) is 10.2 Å². The zero-order chi connectivity index (χ0) is 19.7. The van der Waals surface area contributed by atoms with Gasteiger partial charge in [-0.3, -0.25) is 14.7 Å². The number of carbonyl (C=O) groups is 2. The van der Waals surface area contributed by atoms with Gasteiger partial charge < -0.3 is 15.5 Å². The standard InChI is InChI=1S/C21H17N3O4/c25-13-6-8-14-12(11-13)5-7-15-18(23-24-20(14)15)9-10-19(26)22-17-4-2-1-3-16(17)21(27)28/h1-8,11,23-24H,9-10H2,(H,22,26)(H,27,28). The molecule has 0 aliphatic heterocycles. The Morgan fingerprint density at radius 2 is 1.75 bits per heavy atom. The summed E-state index contributed by atoms with van der Waals surface area (Å²) in [5.41, 5.74) is 2.04. The minimum atomic E-state index is -1.09. The molecule has 4 rings (SSSR count). The van der Waals surface area contributed by atoms with Crippen molar-refractivity contribution < 1.29 is 14.7 Å². The van der Waals surface area contributed by atoms with Gasteiger partial charge in [0, 0.05) is 22.9 Å². The lowest BCUT2D eigenvalue weighted by Crippen LogP contribution is -2.15. The summed E-state index contributed by atoms with van der Waals surface area (Å²) in [6, 6.07) is 15.0. The number of H-pyrrole nitrogens is 2. The summed E-state index contributed by atoms with van der Waals surface area (Å²) in [4.78, 5) is 35.1. The van der Waals surface area contributed by atoms with Gasteiger partial charge >= 0.3 is 5.97 Å². The molecule has 0 radical (unpaired) electrons. The molecule has 140 valence electrons. The molecule has 1 aromatic heterocycles. The number of para-hydroxylation sites is 1. The molecule has 1 amide bonds. The molecule has 0 spiro atoms. The fourth-order valence-electron chi connectivity index (χ4n) is 3.33. The summed E-state index contributed by atoms with van der Waals surface area (Å²) in [6.07, 6.45) is 0.640. The number of fused-ring (bicyclic) bond motifs is 3. The molecule has 3 aromatic carbocycles. The summed E-state index contributed by atoms with van der Waals surface area (Å²) in [7, 11) is 0. The van der Waals surface area contributed by atoms with E-state index in [4.69, 9.17) is 0 Å². The van der Waals surface area contributed by atoms with E-state index in [9.17, 15) is 19.5 Å². The van der Waals surface area contributed by atoms with Crippen molar-refractivity contribution in [3.63, 3.8) is 0 Å². The molecule has 1 heterocycles. The Labute approximate surface area is 159 Å². The Bertz CT molecular complexity index is 1270. The van der Waals surface area contributed by atoms with Crippen molar-refractivity contribution in [2.45, 2.75) is 12.8 Å². The van der Waals surface area contributed by atoms with Gasteiger partial charge in [0.1, 0.15) is 0 Å². The fourth-order valence-corrected chi connectivity index (χ4v) is 3.33. The Morgan fingerprint density at radius 1 is 0.964 bits per heavy atom. The normalized spacial score (nSPS) is 11.0. The number of aryl methyl sites for hydroxylation is 1. The number of benzene rings is 3. The molecule has 0 aliphatic carbocycles. The van der Waals surface area contributed by atoms with E-state index in [0.29, 0.717) is 6.42 Å². The lowest BCUT2D eigenvalue weighted by Gasteiger charge is -2.08. The highest BCUT2D eigenvalue weighted by atomic mass is 16.4. The number of carbonyl (C=O) groups excluding carboxylic acids is 1. The summed E-state index contributed by atoms with van der Waals surface area (Å²) in [6.45, 7) is 0. The molecule has 0 unspecified atom stereocenters. The number of aromatic nitrogens is 2. The van der Waals surface area contributed by atoms with Gasteiger partial charge in [0.2, 0.25) is 5.91 Å². The first kappa shape index (κ1) is 17.5. The lowest BCUT2D eigenvalue weighted by atomic mass is 10.0. The number of carboxylic acid groups (broad SMARTS) is 1. The number of anilines is 1. The predicted octanol–water partition coefficient (Wildman–Crippen LogP) is 3.28. The van der Waals surface area contributed by atoms with Crippen LogP contribution in [0.15, 0.2) is 59.4 Å². The smallest absolute Gasteiger partial charge is 0.337 e. The highest BCUT2D eigenvalue weighted by Gasteiger charge is 2.13. The molecule has 0 fully saturated rings. The van der Waals surface area contributed by atoms with Crippen LogP contribution in [0.3, 0.4) is 0 Å². The van der Waals surface area contributed by atoms with Crippen LogP contribution in [0.2, 0.25) is 0 Å². The van der Waals surface area contributed by atoms with Crippen LogP contribution in [-0.2, 0) is 11.2 Å². The van der Waals surface area contributed by atoms with Crippen molar-refractivity contribution in [3.8, 4) is 0 Å². The zero-order valence-electron chi connectivity index (χ0n) is 14.8. The molecule has 28 heavy (non-hydrogen) atoms. The number of aromatic carboxylic acids is 1. The van der Waals surface area contributed by atoms with Crippen LogP contribution in [0.25, 0.3) is 21.7 Å². The van der Waals surface area contributed by atoms with Gasteiger partial charge in [-0.1, -0.05) is 24.3 Å². The molecular weight excluding hydrogens is 358 g/mol. The number of carboxylic acids is 1. The average Bonchev–Trinajstić information content (AvgIpc) is 3.09. The van der Waals surface area contributed by atoms with Gasteiger partial charge in [0.05, 0.1) is 16.8 Å². The number of hydrogen-bond acceptors (Lipinski definition) is 3. The van der Waals surface area contributed by atoms with Crippen LogP contribution in [0.5, 0.6) is 0 Å². The molecular formula is C21H17N3O4. The van der Waals surface area contributed by atoms with E-state index >= 15 is 0 Å².